The van der Waals surface area contributed by atoms with Gasteiger partial charge in [-0.15, -0.1) is 0 Å². The molecule has 1 unspecified atom stereocenters. The van der Waals surface area contributed by atoms with E-state index in [9.17, 15) is 5.11 Å². The van der Waals surface area contributed by atoms with Crippen molar-refractivity contribution < 1.29 is 14.6 Å². The third-order valence-corrected chi connectivity index (χ3v) is 3.80. The second-order valence-corrected chi connectivity index (χ2v) is 5.25. The van der Waals surface area contributed by atoms with Gasteiger partial charge in [0.15, 0.2) is 0 Å². The molecule has 0 aliphatic heterocycles. The molecule has 0 aliphatic rings. The van der Waals surface area contributed by atoms with Gasteiger partial charge in [-0.2, -0.15) is 0 Å². The molecule has 3 heteroatoms. The number of hydrogen-bond acceptors (Lipinski definition) is 3. The molecule has 0 saturated heterocycles. The Morgan fingerprint density at radius 2 is 1.71 bits per heavy atom. The van der Waals surface area contributed by atoms with Crippen molar-refractivity contribution in [3.63, 3.8) is 0 Å². The van der Waals surface area contributed by atoms with E-state index in [4.69, 9.17) is 9.47 Å². The van der Waals surface area contributed by atoms with Crippen LogP contribution < -0.4 is 9.47 Å². The number of methoxy groups -OCH3 is 2. The summed E-state index contributed by atoms with van der Waals surface area (Å²) in [5.41, 5.74) is 4.39. The zero-order chi connectivity index (χ0) is 15.4. The van der Waals surface area contributed by atoms with Gasteiger partial charge in [-0.05, 0) is 42.7 Å². The smallest absolute Gasteiger partial charge is 0.128 e. The molecule has 21 heavy (non-hydrogen) atoms. The van der Waals surface area contributed by atoms with Gasteiger partial charge in [0.2, 0.25) is 0 Å². The van der Waals surface area contributed by atoms with E-state index in [-0.39, 0.29) is 0 Å². The van der Waals surface area contributed by atoms with Crippen molar-refractivity contribution in [1.82, 2.24) is 0 Å². The van der Waals surface area contributed by atoms with E-state index in [1.54, 1.807) is 20.3 Å². The minimum atomic E-state index is -0.604. The lowest BCUT2D eigenvalue weighted by Gasteiger charge is -2.16. The number of aryl methyl sites for hydroxylation is 2. The Kier molecular flexibility index (Phi) is 4.86. The first-order chi connectivity index (χ1) is 10.0. The number of benzene rings is 2. The number of rotatable bonds is 5. The maximum Gasteiger partial charge on any atom is 0.128 e. The lowest BCUT2D eigenvalue weighted by molar-refractivity contribution is 0.174. The summed E-state index contributed by atoms with van der Waals surface area (Å²) in [6.07, 6.45) is -0.0444. The third-order valence-electron chi connectivity index (χ3n) is 3.80. The van der Waals surface area contributed by atoms with Crippen LogP contribution in [-0.4, -0.2) is 19.3 Å². The monoisotopic (exact) mass is 286 g/mol. The summed E-state index contributed by atoms with van der Waals surface area (Å²) >= 11 is 0. The van der Waals surface area contributed by atoms with Gasteiger partial charge in [0.1, 0.15) is 11.5 Å². The van der Waals surface area contributed by atoms with Crippen molar-refractivity contribution in [1.29, 1.82) is 0 Å². The first kappa shape index (κ1) is 15.4. The van der Waals surface area contributed by atoms with Crippen LogP contribution in [0.5, 0.6) is 11.5 Å². The van der Waals surface area contributed by atoms with Gasteiger partial charge in [-0.3, -0.25) is 0 Å². The Balaban J connectivity index is 2.23. The minimum Gasteiger partial charge on any atom is -0.497 e. The Labute approximate surface area is 126 Å². The Bertz CT molecular complexity index is 620. The molecule has 1 atom stereocenters. The minimum absolute atomic E-state index is 0.559. The Morgan fingerprint density at radius 3 is 2.33 bits per heavy atom. The Hall–Kier alpha value is -2.00. The SMILES string of the molecule is COc1ccc(C(O)Cc2ccc(C)c(C)c2)c(OC)c1. The van der Waals surface area contributed by atoms with Gasteiger partial charge >= 0.3 is 0 Å². The summed E-state index contributed by atoms with van der Waals surface area (Å²) < 4.78 is 10.5. The topological polar surface area (TPSA) is 38.7 Å². The summed E-state index contributed by atoms with van der Waals surface area (Å²) in [6, 6.07) is 11.7. The lowest BCUT2D eigenvalue weighted by Crippen LogP contribution is -2.05. The molecular formula is C18H22O3. The second kappa shape index (κ2) is 6.64. The quantitative estimate of drug-likeness (QED) is 0.912. The first-order valence-corrected chi connectivity index (χ1v) is 7.01. The normalized spacial score (nSPS) is 12.0. The molecule has 112 valence electrons. The molecule has 2 aromatic carbocycles. The van der Waals surface area contributed by atoms with Gasteiger partial charge in [0.05, 0.1) is 20.3 Å². The fourth-order valence-electron chi connectivity index (χ4n) is 2.36. The van der Waals surface area contributed by atoms with Crippen molar-refractivity contribution in [2.45, 2.75) is 26.4 Å². The van der Waals surface area contributed by atoms with Gasteiger partial charge in [-0.1, -0.05) is 18.2 Å². The molecule has 1 N–H and O–H groups in total. The zero-order valence-electron chi connectivity index (χ0n) is 13.0. The average molecular weight is 286 g/mol. The maximum absolute atomic E-state index is 10.5. The molecule has 0 heterocycles. The standard InChI is InChI=1S/C18H22O3/c1-12-5-6-14(9-13(12)2)10-17(19)16-8-7-15(20-3)11-18(16)21-4/h5-9,11,17,19H,10H2,1-4H3. The summed E-state index contributed by atoms with van der Waals surface area (Å²) in [7, 11) is 3.21. The predicted molar refractivity (Wildman–Crippen MR) is 84.1 cm³/mol. The summed E-state index contributed by atoms with van der Waals surface area (Å²) in [5.74, 6) is 1.36. The third kappa shape index (κ3) is 3.56. The van der Waals surface area contributed by atoms with E-state index in [0.29, 0.717) is 17.9 Å². The highest BCUT2D eigenvalue weighted by molar-refractivity contribution is 5.42. The summed E-state index contributed by atoms with van der Waals surface area (Å²) in [4.78, 5) is 0. The van der Waals surface area contributed by atoms with Crippen LogP contribution in [0, 0.1) is 13.8 Å². The van der Waals surface area contributed by atoms with Crippen LogP contribution in [-0.2, 0) is 6.42 Å². The van der Waals surface area contributed by atoms with Crippen LogP contribution >= 0.6 is 0 Å². The second-order valence-electron chi connectivity index (χ2n) is 5.25. The van der Waals surface area contributed by atoms with Gasteiger partial charge in [0, 0.05) is 18.1 Å². The molecule has 2 aromatic rings. The van der Waals surface area contributed by atoms with E-state index in [2.05, 4.69) is 32.0 Å². The number of aliphatic hydroxyl groups excluding tert-OH is 1. The van der Waals surface area contributed by atoms with Crippen molar-refractivity contribution in [2.75, 3.05) is 14.2 Å². The van der Waals surface area contributed by atoms with Gasteiger partial charge in [-0.25, -0.2) is 0 Å². The van der Waals surface area contributed by atoms with E-state index < -0.39 is 6.10 Å². The van der Waals surface area contributed by atoms with Crippen LogP contribution in [0.3, 0.4) is 0 Å². The Morgan fingerprint density at radius 1 is 0.952 bits per heavy atom. The molecule has 0 spiro atoms. The molecule has 0 aromatic heterocycles. The fourth-order valence-corrected chi connectivity index (χ4v) is 2.36. The molecule has 0 radical (unpaired) electrons. The van der Waals surface area contributed by atoms with Crippen molar-refractivity contribution >= 4 is 0 Å². The highest BCUT2D eigenvalue weighted by Crippen LogP contribution is 2.31. The van der Waals surface area contributed by atoms with Crippen molar-refractivity contribution in [2.24, 2.45) is 0 Å². The molecular weight excluding hydrogens is 264 g/mol. The van der Waals surface area contributed by atoms with Gasteiger partial charge < -0.3 is 14.6 Å². The fraction of sp³-hybridized carbons (Fsp3) is 0.333. The molecule has 3 nitrogen and oxygen atoms in total. The van der Waals surface area contributed by atoms with Crippen LogP contribution in [0.1, 0.15) is 28.4 Å². The van der Waals surface area contributed by atoms with Crippen molar-refractivity contribution in [3.05, 3.63) is 58.7 Å². The molecule has 2 rings (SSSR count). The first-order valence-electron chi connectivity index (χ1n) is 7.01. The van der Waals surface area contributed by atoms with E-state index >= 15 is 0 Å². The van der Waals surface area contributed by atoms with E-state index in [0.717, 1.165) is 11.1 Å². The van der Waals surface area contributed by atoms with Crippen LogP contribution in [0.25, 0.3) is 0 Å². The molecule has 0 amide bonds. The van der Waals surface area contributed by atoms with Crippen LogP contribution in [0.15, 0.2) is 36.4 Å². The largest absolute Gasteiger partial charge is 0.497 e. The molecule has 0 saturated carbocycles. The summed E-state index contributed by atoms with van der Waals surface area (Å²) in [6.45, 7) is 4.17. The van der Waals surface area contributed by atoms with Crippen LogP contribution in [0.2, 0.25) is 0 Å². The van der Waals surface area contributed by atoms with Crippen LogP contribution in [0.4, 0.5) is 0 Å². The molecule has 0 bridgehead atoms. The summed E-state index contributed by atoms with van der Waals surface area (Å²) in [5, 5.41) is 10.5. The number of ether oxygens (including phenoxy) is 2. The highest BCUT2D eigenvalue weighted by atomic mass is 16.5. The van der Waals surface area contributed by atoms with E-state index in [1.165, 1.54) is 11.1 Å². The number of hydrogen-bond donors (Lipinski definition) is 1. The molecule has 0 aliphatic carbocycles. The maximum atomic E-state index is 10.5. The predicted octanol–water partition coefficient (Wildman–Crippen LogP) is 3.60. The highest BCUT2D eigenvalue weighted by Gasteiger charge is 2.15. The number of aliphatic hydroxyl groups is 1. The van der Waals surface area contributed by atoms with Gasteiger partial charge in [0.25, 0.3) is 0 Å². The lowest BCUT2D eigenvalue weighted by atomic mass is 9.98. The van der Waals surface area contributed by atoms with Crippen molar-refractivity contribution in [3.8, 4) is 11.5 Å². The van der Waals surface area contributed by atoms with E-state index in [1.807, 2.05) is 12.1 Å². The average Bonchev–Trinajstić information content (AvgIpc) is 2.50. The zero-order valence-corrected chi connectivity index (χ0v) is 13.0. The molecule has 0 fully saturated rings.